The summed E-state index contributed by atoms with van der Waals surface area (Å²) < 4.78 is 26.6. The fourth-order valence-corrected chi connectivity index (χ4v) is 3.23. The van der Waals surface area contributed by atoms with E-state index in [0.717, 1.165) is 12.1 Å². The van der Waals surface area contributed by atoms with E-state index < -0.39 is 38.4 Å². The highest BCUT2D eigenvalue weighted by atomic mass is 32.2. The minimum absolute atomic E-state index is 0.113. The molecule has 0 aliphatic rings. The van der Waals surface area contributed by atoms with E-state index in [-0.39, 0.29) is 11.6 Å². The summed E-state index contributed by atoms with van der Waals surface area (Å²) in [7, 11) is -4.23. The number of amides is 1. The van der Waals surface area contributed by atoms with Gasteiger partial charge in [-0.15, -0.1) is 0 Å². The molecule has 0 radical (unpaired) electrons. The van der Waals surface area contributed by atoms with Gasteiger partial charge in [-0.3, -0.25) is 4.79 Å². The van der Waals surface area contributed by atoms with Gasteiger partial charge in [0.25, 0.3) is 0 Å². The maximum atomic E-state index is 12.3. The van der Waals surface area contributed by atoms with Crippen LogP contribution in [0.25, 0.3) is 0 Å². The van der Waals surface area contributed by atoms with Crippen molar-refractivity contribution >= 4 is 27.6 Å². The third-order valence-electron chi connectivity index (χ3n) is 2.78. The van der Waals surface area contributed by atoms with Gasteiger partial charge in [0.2, 0.25) is 15.9 Å². The molecule has 0 fully saturated rings. The quantitative estimate of drug-likeness (QED) is 0.531. The lowest BCUT2D eigenvalue weighted by Gasteiger charge is -2.19. The highest BCUT2D eigenvalue weighted by Gasteiger charge is 2.29. The van der Waals surface area contributed by atoms with Crippen molar-refractivity contribution < 1.29 is 23.1 Å². The van der Waals surface area contributed by atoms with Crippen LogP contribution < -0.4 is 16.2 Å². The first-order valence-corrected chi connectivity index (χ1v) is 7.49. The summed E-state index contributed by atoms with van der Waals surface area (Å²) in [5.74, 6) is -2.68. The molecule has 1 aromatic rings. The number of nitrogen functional groups attached to an aromatic ring is 1. The largest absolute Gasteiger partial charge is 0.478 e. The van der Waals surface area contributed by atoms with E-state index in [9.17, 15) is 18.0 Å². The second-order valence-electron chi connectivity index (χ2n) is 4.81. The van der Waals surface area contributed by atoms with Crippen LogP contribution in [0.1, 0.15) is 24.2 Å². The molecule has 1 atom stereocenters. The Morgan fingerprint density at radius 1 is 1.29 bits per heavy atom. The zero-order chi connectivity index (χ0) is 16.4. The Bertz CT molecular complexity index is 669. The summed E-state index contributed by atoms with van der Waals surface area (Å²) in [6.07, 6.45) is 0. The van der Waals surface area contributed by atoms with Gasteiger partial charge in [-0.2, -0.15) is 4.72 Å². The molecule has 0 saturated heterocycles. The smallest absolute Gasteiger partial charge is 0.337 e. The zero-order valence-electron chi connectivity index (χ0n) is 11.5. The van der Waals surface area contributed by atoms with Gasteiger partial charge in [-0.05, 0) is 24.1 Å². The van der Waals surface area contributed by atoms with Gasteiger partial charge in [0, 0.05) is 5.69 Å². The Balaban J connectivity index is 3.32. The van der Waals surface area contributed by atoms with Gasteiger partial charge in [0.15, 0.2) is 0 Å². The van der Waals surface area contributed by atoms with Crippen molar-refractivity contribution in [1.82, 2.24) is 4.72 Å². The van der Waals surface area contributed by atoms with Crippen molar-refractivity contribution in [2.75, 3.05) is 5.73 Å². The molecule has 9 heteroatoms. The number of anilines is 1. The Morgan fingerprint density at radius 3 is 2.29 bits per heavy atom. The van der Waals surface area contributed by atoms with Crippen molar-refractivity contribution in [2.45, 2.75) is 24.8 Å². The standard InChI is InChI=1S/C12H17N3O5S/c1-6(2)10(11(14)16)15-21(19,20)9-4-3-7(13)5-8(9)12(17)18/h3-6,10,15H,13H2,1-2H3,(H2,14,16)(H,17,18). The summed E-state index contributed by atoms with van der Waals surface area (Å²) >= 11 is 0. The van der Waals surface area contributed by atoms with E-state index >= 15 is 0 Å². The molecule has 0 aliphatic heterocycles. The van der Waals surface area contributed by atoms with E-state index in [4.69, 9.17) is 16.6 Å². The first kappa shape index (κ1) is 16.9. The average molecular weight is 315 g/mol. The highest BCUT2D eigenvalue weighted by Crippen LogP contribution is 2.20. The van der Waals surface area contributed by atoms with Crippen molar-refractivity contribution in [2.24, 2.45) is 11.7 Å². The number of sulfonamides is 1. The third-order valence-corrected chi connectivity index (χ3v) is 4.28. The third kappa shape index (κ3) is 3.92. The number of carbonyl (C=O) groups excluding carboxylic acids is 1. The van der Waals surface area contributed by atoms with Crippen LogP contribution in [0.15, 0.2) is 23.1 Å². The number of carbonyl (C=O) groups is 2. The first-order valence-electron chi connectivity index (χ1n) is 6.00. The molecule has 116 valence electrons. The topological polar surface area (TPSA) is 153 Å². The summed E-state index contributed by atoms with van der Waals surface area (Å²) in [6.45, 7) is 3.22. The molecule has 0 aliphatic carbocycles. The van der Waals surface area contributed by atoms with Crippen molar-refractivity contribution in [3.8, 4) is 0 Å². The minimum Gasteiger partial charge on any atom is -0.478 e. The van der Waals surface area contributed by atoms with Crippen molar-refractivity contribution in [3.63, 3.8) is 0 Å². The molecular weight excluding hydrogens is 298 g/mol. The van der Waals surface area contributed by atoms with Crippen LogP contribution >= 0.6 is 0 Å². The van der Waals surface area contributed by atoms with Gasteiger partial charge in [0.05, 0.1) is 10.5 Å². The number of nitrogens with two attached hydrogens (primary N) is 2. The first-order chi connectivity index (χ1) is 9.56. The number of primary amides is 1. The molecule has 0 heterocycles. The Kier molecular flexibility index (Phi) is 4.92. The van der Waals surface area contributed by atoms with Crippen LogP contribution in [-0.2, 0) is 14.8 Å². The Labute approximate surface area is 122 Å². The van der Waals surface area contributed by atoms with Crippen LogP contribution in [0.2, 0.25) is 0 Å². The monoisotopic (exact) mass is 315 g/mol. The van der Waals surface area contributed by atoms with Crippen molar-refractivity contribution in [1.29, 1.82) is 0 Å². The number of carboxylic acid groups (broad SMARTS) is 1. The molecule has 1 unspecified atom stereocenters. The van der Waals surface area contributed by atoms with Crippen LogP contribution in [0, 0.1) is 5.92 Å². The maximum Gasteiger partial charge on any atom is 0.337 e. The summed E-state index contributed by atoms with van der Waals surface area (Å²) in [5, 5.41) is 9.07. The second-order valence-corrected chi connectivity index (χ2v) is 6.49. The Hall–Kier alpha value is -2.13. The molecule has 21 heavy (non-hydrogen) atoms. The molecule has 0 saturated carbocycles. The van der Waals surface area contributed by atoms with E-state index in [1.54, 1.807) is 13.8 Å². The number of rotatable bonds is 6. The number of benzene rings is 1. The summed E-state index contributed by atoms with van der Waals surface area (Å²) in [6, 6.07) is 2.22. The SMILES string of the molecule is CC(C)C(NS(=O)(=O)c1ccc(N)cc1C(=O)O)C(N)=O. The predicted molar refractivity (Wildman–Crippen MR) is 76.0 cm³/mol. The lowest BCUT2D eigenvalue weighted by atomic mass is 10.1. The number of hydrogen-bond acceptors (Lipinski definition) is 5. The van der Waals surface area contributed by atoms with Crippen molar-refractivity contribution in [3.05, 3.63) is 23.8 Å². The molecule has 8 nitrogen and oxygen atoms in total. The predicted octanol–water partition coefficient (Wildman–Crippen LogP) is -0.245. The van der Waals surface area contributed by atoms with Gasteiger partial charge < -0.3 is 16.6 Å². The number of nitrogens with one attached hydrogen (secondary N) is 1. The minimum atomic E-state index is -4.23. The second kappa shape index (κ2) is 6.10. The zero-order valence-corrected chi connectivity index (χ0v) is 12.3. The Morgan fingerprint density at radius 2 is 1.86 bits per heavy atom. The van der Waals surface area contributed by atoms with E-state index in [0.29, 0.717) is 0 Å². The molecule has 1 rings (SSSR count). The molecule has 0 bridgehead atoms. The molecular formula is C12H17N3O5S. The van der Waals surface area contributed by atoms with Gasteiger partial charge >= 0.3 is 5.97 Å². The van der Waals surface area contributed by atoms with E-state index in [2.05, 4.69) is 4.72 Å². The number of carboxylic acids is 1. The van der Waals surface area contributed by atoms with E-state index in [1.165, 1.54) is 6.07 Å². The molecule has 0 spiro atoms. The molecule has 1 aromatic carbocycles. The van der Waals surface area contributed by atoms with Gasteiger partial charge in [0.1, 0.15) is 6.04 Å². The average Bonchev–Trinajstić information content (AvgIpc) is 2.34. The van der Waals surface area contributed by atoms with Crippen LogP contribution in [-0.4, -0.2) is 31.4 Å². The summed E-state index contributed by atoms with van der Waals surface area (Å²) in [4.78, 5) is 21.9. The molecule has 0 aromatic heterocycles. The highest BCUT2D eigenvalue weighted by molar-refractivity contribution is 7.89. The summed E-state index contributed by atoms with van der Waals surface area (Å²) in [5.41, 5.74) is 10.2. The molecule has 1 amide bonds. The molecule has 6 N–H and O–H groups in total. The van der Waals surface area contributed by atoms with Gasteiger partial charge in [-0.25, -0.2) is 13.2 Å². The number of aromatic carboxylic acids is 1. The fourth-order valence-electron chi connectivity index (χ4n) is 1.70. The number of hydrogen-bond donors (Lipinski definition) is 4. The maximum absolute atomic E-state index is 12.3. The van der Waals surface area contributed by atoms with Crippen LogP contribution in [0.3, 0.4) is 0 Å². The van der Waals surface area contributed by atoms with Gasteiger partial charge in [-0.1, -0.05) is 13.8 Å². The fraction of sp³-hybridized carbons (Fsp3) is 0.333. The normalized spacial score (nSPS) is 13.1. The lowest BCUT2D eigenvalue weighted by molar-refractivity contribution is -0.120. The van der Waals surface area contributed by atoms with Crippen LogP contribution in [0.4, 0.5) is 5.69 Å². The van der Waals surface area contributed by atoms with E-state index in [1.807, 2.05) is 0 Å². The van der Waals surface area contributed by atoms with Crippen LogP contribution in [0.5, 0.6) is 0 Å². The lowest BCUT2D eigenvalue weighted by Crippen LogP contribution is -2.47.